The normalized spacial score (nSPS) is 11.6. The highest BCUT2D eigenvalue weighted by atomic mass is 16.5. The molecule has 0 bridgehead atoms. The van der Waals surface area contributed by atoms with Gasteiger partial charge >= 0.3 is 0 Å². The molecule has 1 rings (SSSR count). The van der Waals surface area contributed by atoms with Crippen LogP contribution in [0.1, 0.15) is 0 Å². The van der Waals surface area contributed by atoms with Crippen LogP contribution in [0.3, 0.4) is 0 Å². The molecule has 0 saturated carbocycles. The van der Waals surface area contributed by atoms with Gasteiger partial charge in [-0.25, -0.2) is 5.10 Å². The molecule has 0 aliphatic heterocycles. The molecule has 0 unspecified atom stereocenters. The second kappa shape index (κ2) is 3.58. The van der Waals surface area contributed by atoms with Crippen molar-refractivity contribution in [1.82, 2.24) is 10.2 Å². The molecule has 0 fully saturated rings. The molecule has 0 radical (unpaired) electrons. The summed E-state index contributed by atoms with van der Waals surface area (Å²) >= 11 is 0. The lowest BCUT2D eigenvalue weighted by molar-refractivity contribution is -0.870. The number of hydrogen-bond acceptors (Lipinski definition) is 2. The zero-order valence-corrected chi connectivity index (χ0v) is 7.87. The van der Waals surface area contributed by atoms with E-state index in [1.54, 1.807) is 6.20 Å². The highest BCUT2D eigenvalue weighted by Gasteiger charge is 2.06. The molecule has 0 amide bonds. The number of nitrogens with one attached hydrogen (secondary N) is 1. The molecule has 1 aromatic rings. The Labute approximate surface area is 72.7 Å². The summed E-state index contributed by atoms with van der Waals surface area (Å²) in [7, 11) is 6.41. The van der Waals surface area contributed by atoms with Gasteiger partial charge in [-0.3, -0.25) is 0 Å². The molecular weight excluding hydrogens is 154 g/mol. The maximum Gasteiger partial charge on any atom is 0.209 e. The number of ether oxygens (including phenoxy) is 1. The van der Waals surface area contributed by atoms with Crippen molar-refractivity contribution in [3.05, 3.63) is 12.3 Å². The highest BCUT2D eigenvalue weighted by Crippen LogP contribution is 2.02. The number of nitrogens with zero attached hydrogens (tertiary/aromatic N) is 2. The van der Waals surface area contributed by atoms with Gasteiger partial charge in [-0.15, -0.1) is 0 Å². The Morgan fingerprint density at radius 1 is 1.50 bits per heavy atom. The SMILES string of the molecule is C[N+](C)(C)CCOc1ccn[nH]1. The number of aromatic amines is 1. The Kier molecular flexibility index (Phi) is 2.70. The average molecular weight is 170 g/mol. The Hall–Kier alpha value is -1.03. The first-order valence-corrected chi connectivity index (χ1v) is 4.00. The van der Waals surface area contributed by atoms with Gasteiger partial charge in [0.25, 0.3) is 0 Å². The number of H-pyrrole nitrogens is 1. The van der Waals surface area contributed by atoms with E-state index >= 15 is 0 Å². The molecule has 0 aliphatic rings. The van der Waals surface area contributed by atoms with E-state index in [2.05, 4.69) is 31.3 Å². The number of hydrogen-bond donors (Lipinski definition) is 1. The molecule has 68 valence electrons. The summed E-state index contributed by atoms with van der Waals surface area (Å²) in [5.41, 5.74) is 0. The fraction of sp³-hybridized carbons (Fsp3) is 0.625. The van der Waals surface area contributed by atoms with Gasteiger partial charge in [-0.05, 0) is 0 Å². The van der Waals surface area contributed by atoms with Crippen LogP contribution in [0.25, 0.3) is 0 Å². The Morgan fingerprint density at radius 3 is 2.75 bits per heavy atom. The first-order valence-electron chi connectivity index (χ1n) is 4.00. The van der Waals surface area contributed by atoms with Gasteiger partial charge in [-0.1, -0.05) is 0 Å². The van der Waals surface area contributed by atoms with Crippen molar-refractivity contribution in [2.45, 2.75) is 0 Å². The van der Waals surface area contributed by atoms with Crippen LogP contribution in [-0.2, 0) is 0 Å². The first kappa shape index (κ1) is 9.06. The lowest BCUT2D eigenvalue weighted by Gasteiger charge is -2.23. The van der Waals surface area contributed by atoms with E-state index in [-0.39, 0.29) is 0 Å². The third kappa shape index (κ3) is 3.39. The summed E-state index contributed by atoms with van der Waals surface area (Å²) in [6, 6.07) is 1.82. The van der Waals surface area contributed by atoms with Crippen molar-refractivity contribution in [1.29, 1.82) is 0 Å². The van der Waals surface area contributed by atoms with E-state index in [9.17, 15) is 0 Å². The second-order valence-corrected chi connectivity index (χ2v) is 3.78. The monoisotopic (exact) mass is 170 g/mol. The molecule has 0 aliphatic carbocycles. The van der Waals surface area contributed by atoms with Crippen LogP contribution < -0.4 is 4.74 Å². The van der Waals surface area contributed by atoms with Crippen LogP contribution in [0.15, 0.2) is 12.3 Å². The van der Waals surface area contributed by atoms with E-state index in [0.29, 0.717) is 6.61 Å². The quantitative estimate of drug-likeness (QED) is 0.668. The van der Waals surface area contributed by atoms with Gasteiger partial charge in [0.1, 0.15) is 13.2 Å². The summed E-state index contributed by atoms with van der Waals surface area (Å²) in [4.78, 5) is 0. The van der Waals surface area contributed by atoms with Crippen LogP contribution in [0.5, 0.6) is 5.88 Å². The Balaban J connectivity index is 2.20. The number of quaternary nitrogens is 1. The molecule has 12 heavy (non-hydrogen) atoms. The number of rotatable bonds is 4. The predicted octanol–water partition coefficient (Wildman–Crippen LogP) is 0.495. The van der Waals surface area contributed by atoms with E-state index in [1.165, 1.54) is 0 Å². The van der Waals surface area contributed by atoms with Crippen molar-refractivity contribution in [3.63, 3.8) is 0 Å². The van der Waals surface area contributed by atoms with Crippen molar-refractivity contribution < 1.29 is 9.22 Å². The second-order valence-electron chi connectivity index (χ2n) is 3.78. The largest absolute Gasteiger partial charge is 0.472 e. The zero-order valence-electron chi connectivity index (χ0n) is 7.87. The summed E-state index contributed by atoms with van der Waals surface area (Å²) in [6.45, 7) is 1.70. The molecule has 0 atom stereocenters. The van der Waals surface area contributed by atoms with Gasteiger partial charge in [0, 0.05) is 6.07 Å². The van der Waals surface area contributed by atoms with E-state index in [0.717, 1.165) is 16.9 Å². The molecule has 4 heteroatoms. The molecule has 1 aromatic heterocycles. The van der Waals surface area contributed by atoms with Crippen molar-refractivity contribution in [3.8, 4) is 5.88 Å². The van der Waals surface area contributed by atoms with Crippen LogP contribution in [0, 0.1) is 0 Å². The van der Waals surface area contributed by atoms with Crippen LogP contribution >= 0.6 is 0 Å². The smallest absolute Gasteiger partial charge is 0.209 e. The first-order chi connectivity index (χ1) is 5.58. The van der Waals surface area contributed by atoms with E-state index in [4.69, 9.17) is 4.74 Å². The van der Waals surface area contributed by atoms with Crippen LogP contribution in [-0.4, -0.2) is 49.0 Å². The molecular formula is C8H16N3O+. The average Bonchev–Trinajstić information content (AvgIpc) is 2.36. The van der Waals surface area contributed by atoms with Gasteiger partial charge in [0.2, 0.25) is 5.88 Å². The van der Waals surface area contributed by atoms with Gasteiger partial charge in [0.15, 0.2) is 0 Å². The lowest BCUT2D eigenvalue weighted by Crippen LogP contribution is -2.38. The minimum Gasteiger partial charge on any atom is -0.472 e. The third-order valence-electron chi connectivity index (χ3n) is 1.49. The minimum absolute atomic E-state index is 0.714. The predicted molar refractivity (Wildman–Crippen MR) is 47.0 cm³/mol. The van der Waals surface area contributed by atoms with Crippen molar-refractivity contribution >= 4 is 0 Å². The fourth-order valence-electron chi connectivity index (χ4n) is 0.753. The zero-order chi connectivity index (χ0) is 9.03. The lowest BCUT2D eigenvalue weighted by atomic mass is 10.5. The summed E-state index contributed by atoms with van der Waals surface area (Å²) < 4.78 is 6.30. The Morgan fingerprint density at radius 2 is 2.25 bits per heavy atom. The number of aromatic nitrogens is 2. The van der Waals surface area contributed by atoms with Gasteiger partial charge in [-0.2, -0.15) is 5.10 Å². The molecule has 1 heterocycles. The third-order valence-corrected chi connectivity index (χ3v) is 1.49. The standard InChI is InChI=1S/C8H16N3O/c1-11(2,3)6-7-12-8-4-5-9-10-8/h4-5H,6-7H2,1-3H3,(H,9,10)/q+1. The van der Waals surface area contributed by atoms with E-state index < -0.39 is 0 Å². The summed E-state index contributed by atoms with van der Waals surface area (Å²) in [6.07, 6.45) is 1.68. The molecule has 1 N–H and O–H groups in total. The molecule has 0 saturated heterocycles. The molecule has 0 spiro atoms. The summed E-state index contributed by atoms with van der Waals surface area (Å²) in [5, 5.41) is 6.53. The van der Waals surface area contributed by atoms with Crippen molar-refractivity contribution in [2.24, 2.45) is 0 Å². The highest BCUT2D eigenvalue weighted by molar-refractivity contribution is 5.03. The van der Waals surface area contributed by atoms with Crippen molar-refractivity contribution in [2.75, 3.05) is 34.3 Å². The maximum absolute atomic E-state index is 5.39. The van der Waals surface area contributed by atoms with Gasteiger partial charge in [0.05, 0.1) is 27.3 Å². The Bertz CT molecular complexity index is 213. The molecule has 0 aromatic carbocycles. The fourth-order valence-corrected chi connectivity index (χ4v) is 0.753. The maximum atomic E-state index is 5.39. The van der Waals surface area contributed by atoms with Crippen LogP contribution in [0.4, 0.5) is 0 Å². The summed E-state index contributed by atoms with van der Waals surface area (Å²) in [5.74, 6) is 0.739. The van der Waals surface area contributed by atoms with Crippen LogP contribution in [0.2, 0.25) is 0 Å². The molecule has 4 nitrogen and oxygen atoms in total. The topological polar surface area (TPSA) is 37.9 Å². The minimum atomic E-state index is 0.714. The number of likely N-dealkylation sites (N-methyl/N-ethyl adjacent to an activating group) is 1. The van der Waals surface area contributed by atoms with Gasteiger partial charge < -0.3 is 9.22 Å². The van der Waals surface area contributed by atoms with E-state index in [1.807, 2.05) is 6.07 Å².